The van der Waals surface area contributed by atoms with Crippen LogP contribution in [0, 0.1) is 0 Å². The maximum Gasteiger partial charge on any atom is 0.123 e. The molecule has 0 radical (unpaired) electrons. The third-order valence-electron chi connectivity index (χ3n) is 2.99. The van der Waals surface area contributed by atoms with Crippen LogP contribution in [0.2, 0.25) is 0 Å². The molecule has 19 heavy (non-hydrogen) atoms. The number of halogens is 1. The van der Waals surface area contributed by atoms with Gasteiger partial charge in [-0.05, 0) is 36.7 Å². The number of rotatable bonds is 6. The topological polar surface area (TPSA) is 21.3 Å². The van der Waals surface area contributed by atoms with Crippen molar-refractivity contribution in [1.82, 2.24) is 5.32 Å². The molecule has 0 amide bonds. The standard InChI is InChI=1S/C16H18BrNO/c1-19-16-8-7-15(17)11-14(16)12-18-10-9-13-5-3-2-4-6-13/h2-8,11,18H,9-10,12H2,1H3. The molecule has 0 aliphatic carbocycles. The second kappa shape index (κ2) is 7.31. The minimum Gasteiger partial charge on any atom is -0.496 e. The van der Waals surface area contributed by atoms with E-state index in [-0.39, 0.29) is 0 Å². The molecule has 1 N–H and O–H groups in total. The second-order valence-electron chi connectivity index (χ2n) is 4.37. The van der Waals surface area contributed by atoms with E-state index in [0.29, 0.717) is 0 Å². The Bertz CT molecular complexity index is 513. The van der Waals surface area contributed by atoms with E-state index in [4.69, 9.17) is 4.74 Å². The van der Waals surface area contributed by atoms with Crippen LogP contribution in [0.5, 0.6) is 5.75 Å². The minimum atomic E-state index is 0.815. The van der Waals surface area contributed by atoms with Gasteiger partial charge in [0, 0.05) is 16.6 Å². The molecule has 0 heterocycles. The molecule has 2 aromatic rings. The number of methoxy groups -OCH3 is 1. The molecule has 100 valence electrons. The minimum absolute atomic E-state index is 0.815. The van der Waals surface area contributed by atoms with E-state index in [0.717, 1.165) is 29.7 Å². The van der Waals surface area contributed by atoms with Gasteiger partial charge in [-0.1, -0.05) is 46.3 Å². The Hall–Kier alpha value is -1.32. The summed E-state index contributed by atoms with van der Waals surface area (Å²) in [6, 6.07) is 16.6. The summed E-state index contributed by atoms with van der Waals surface area (Å²) in [5, 5.41) is 3.45. The normalized spacial score (nSPS) is 10.4. The first kappa shape index (κ1) is 14.1. The molecular weight excluding hydrogens is 302 g/mol. The van der Waals surface area contributed by atoms with Gasteiger partial charge in [-0.15, -0.1) is 0 Å². The zero-order valence-electron chi connectivity index (χ0n) is 11.0. The fourth-order valence-corrected chi connectivity index (χ4v) is 2.39. The summed E-state index contributed by atoms with van der Waals surface area (Å²) in [4.78, 5) is 0. The van der Waals surface area contributed by atoms with Crippen molar-refractivity contribution in [2.45, 2.75) is 13.0 Å². The van der Waals surface area contributed by atoms with Crippen LogP contribution in [0.3, 0.4) is 0 Å². The van der Waals surface area contributed by atoms with Crippen LogP contribution in [0.4, 0.5) is 0 Å². The molecule has 2 aromatic carbocycles. The lowest BCUT2D eigenvalue weighted by molar-refractivity contribution is 0.407. The van der Waals surface area contributed by atoms with E-state index in [2.05, 4.69) is 51.6 Å². The SMILES string of the molecule is COc1ccc(Br)cc1CNCCc1ccccc1. The van der Waals surface area contributed by atoms with Crippen molar-refractivity contribution in [1.29, 1.82) is 0 Å². The highest BCUT2D eigenvalue weighted by Crippen LogP contribution is 2.22. The fraction of sp³-hybridized carbons (Fsp3) is 0.250. The van der Waals surface area contributed by atoms with Crippen LogP contribution in [-0.2, 0) is 13.0 Å². The Kier molecular flexibility index (Phi) is 5.43. The van der Waals surface area contributed by atoms with Crippen LogP contribution in [-0.4, -0.2) is 13.7 Å². The van der Waals surface area contributed by atoms with E-state index in [1.165, 1.54) is 11.1 Å². The lowest BCUT2D eigenvalue weighted by Gasteiger charge is -2.10. The Morgan fingerprint density at radius 1 is 1.11 bits per heavy atom. The Morgan fingerprint density at radius 2 is 1.89 bits per heavy atom. The summed E-state index contributed by atoms with van der Waals surface area (Å²) in [7, 11) is 1.71. The first-order valence-corrected chi connectivity index (χ1v) is 7.16. The van der Waals surface area contributed by atoms with E-state index >= 15 is 0 Å². The zero-order chi connectivity index (χ0) is 13.5. The molecular formula is C16H18BrNO. The molecule has 0 fully saturated rings. The highest BCUT2D eigenvalue weighted by Gasteiger charge is 2.03. The summed E-state index contributed by atoms with van der Waals surface area (Å²) in [5.74, 6) is 0.926. The lowest BCUT2D eigenvalue weighted by Crippen LogP contribution is -2.17. The van der Waals surface area contributed by atoms with Crippen LogP contribution in [0.1, 0.15) is 11.1 Å². The van der Waals surface area contributed by atoms with Crippen LogP contribution < -0.4 is 10.1 Å². The third kappa shape index (κ3) is 4.37. The summed E-state index contributed by atoms with van der Waals surface area (Å²) < 4.78 is 6.43. The number of benzene rings is 2. The summed E-state index contributed by atoms with van der Waals surface area (Å²) in [6.45, 7) is 1.77. The number of ether oxygens (including phenoxy) is 1. The second-order valence-corrected chi connectivity index (χ2v) is 5.28. The Labute approximate surface area is 122 Å². The van der Waals surface area contributed by atoms with Crippen molar-refractivity contribution in [3.63, 3.8) is 0 Å². The first-order chi connectivity index (χ1) is 9.29. The molecule has 0 aliphatic rings. The number of hydrogen-bond donors (Lipinski definition) is 1. The van der Waals surface area contributed by atoms with E-state index < -0.39 is 0 Å². The highest BCUT2D eigenvalue weighted by atomic mass is 79.9. The molecule has 0 atom stereocenters. The summed E-state index contributed by atoms with van der Waals surface area (Å²) >= 11 is 3.49. The smallest absolute Gasteiger partial charge is 0.123 e. The van der Waals surface area contributed by atoms with Crippen LogP contribution in [0.25, 0.3) is 0 Å². The van der Waals surface area contributed by atoms with Crippen molar-refractivity contribution in [3.8, 4) is 5.75 Å². The molecule has 3 heteroatoms. The van der Waals surface area contributed by atoms with Gasteiger partial charge in [-0.25, -0.2) is 0 Å². The lowest BCUT2D eigenvalue weighted by atomic mass is 10.1. The Morgan fingerprint density at radius 3 is 2.63 bits per heavy atom. The van der Waals surface area contributed by atoms with E-state index in [1.807, 2.05) is 18.2 Å². The van der Waals surface area contributed by atoms with Gasteiger partial charge in [-0.3, -0.25) is 0 Å². The van der Waals surface area contributed by atoms with Crippen LogP contribution >= 0.6 is 15.9 Å². The monoisotopic (exact) mass is 319 g/mol. The van der Waals surface area contributed by atoms with Gasteiger partial charge < -0.3 is 10.1 Å². The quantitative estimate of drug-likeness (QED) is 0.818. The maximum atomic E-state index is 5.35. The molecule has 2 rings (SSSR count). The van der Waals surface area contributed by atoms with Gasteiger partial charge in [-0.2, -0.15) is 0 Å². The van der Waals surface area contributed by atoms with Crippen molar-refractivity contribution in [3.05, 3.63) is 64.1 Å². The van der Waals surface area contributed by atoms with Gasteiger partial charge in [0.2, 0.25) is 0 Å². The van der Waals surface area contributed by atoms with Gasteiger partial charge in [0.1, 0.15) is 5.75 Å². The van der Waals surface area contributed by atoms with E-state index in [9.17, 15) is 0 Å². The van der Waals surface area contributed by atoms with Crippen molar-refractivity contribution < 1.29 is 4.74 Å². The Balaban J connectivity index is 1.84. The highest BCUT2D eigenvalue weighted by molar-refractivity contribution is 9.10. The first-order valence-electron chi connectivity index (χ1n) is 6.36. The molecule has 0 spiro atoms. The van der Waals surface area contributed by atoms with Gasteiger partial charge in [0.05, 0.1) is 7.11 Å². The van der Waals surface area contributed by atoms with Crippen molar-refractivity contribution >= 4 is 15.9 Å². The summed E-state index contributed by atoms with van der Waals surface area (Å²) in [5.41, 5.74) is 2.53. The fourth-order valence-electron chi connectivity index (χ4n) is 1.99. The van der Waals surface area contributed by atoms with Gasteiger partial charge >= 0.3 is 0 Å². The molecule has 0 aliphatic heterocycles. The summed E-state index contributed by atoms with van der Waals surface area (Å²) in [6.07, 6.45) is 1.04. The average molecular weight is 320 g/mol. The van der Waals surface area contributed by atoms with E-state index in [1.54, 1.807) is 7.11 Å². The number of hydrogen-bond acceptors (Lipinski definition) is 2. The number of nitrogens with one attached hydrogen (secondary N) is 1. The third-order valence-corrected chi connectivity index (χ3v) is 3.48. The molecule has 0 aromatic heterocycles. The molecule has 0 saturated heterocycles. The predicted molar refractivity (Wildman–Crippen MR) is 82.5 cm³/mol. The van der Waals surface area contributed by atoms with Crippen molar-refractivity contribution in [2.75, 3.05) is 13.7 Å². The zero-order valence-corrected chi connectivity index (χ0v) is 12.6. The van der Waals surface area contributed by atoms with Crippen LogP contribution in [0.15, 0.2) is 53.0 Å². The predicted octanol–water partition coefficient (Wildman–Crippen LogP) is 3.79. The maximum absolute atomic E-state index is 5.35. The van der Waals surface area contributed by atoms with Crippen molar-refractivity contribution in [2.24, 2.45) is 0 Å². The largest absolute Gasteiger partial charge is 0.496 e. The molecule has 2 nitrogen and oxygen atoms in total. The molecule has 0 saturated carbocycles. The van der Waals surface area contributed by atoms with Gasteiger partial charge in [0.25, 0.3) is 0 Å². The molecule has 0 unspecified atom stereocenters. The molecule has 0 bridgehead atoms. The average Bonchev–Trinajstić information content (AvgIpc) is 2.45. The van der Waals surface area contributed by atoms with Gasteiger partial charge in [0.15, 0.2) is 0 Å².